The largest absolute Gasteiger partial charge is 0.385 e. The molecule has 1 N–H and O–H groups in total. The summed E-state index contributed by atoms with van der Waals surface area (Å²) in [5.74, 6) is 1.32. The topological polar surface area (TPSA) is 53.9 Å². The molecule has 148 valence electrons. The van der Waals surface area contributed by atoms with Crippen LogP contribution in [0.2, 0.25) is 5.02 Å². The summed E-state index contributed by atoms with van der Waals surface area (Å²) in [7, 11) is 3.44. The monoisotopic (exact) mass is 399 g/mol. The number of amides is 1. The summed E-state index contributed by atoms with van der Waals surface area (Å²) in [5.41, 5.74) is 3.55. The number of nitrogens with zero attached hydrogens (tertiary/aromatic N) is 2. The molecule has 6 heteroatoms. The van der Waals surface area contributed by atoms with Gasteiger partial charge >= 0.3 is 0 Å². The number of para-hydroxylation sites is 1. The number of amidine groups is 1. The molecule has 0 spiro atoms. The summed E-state index contributed by atoms with van der Waals surface area (Å²) in [5, 5.41) is 3.89. The number of halogens is 1. The van der Waals surface area contributed by atoms with Gasteiger partial charge in [0, 0.05) is 32.9 Å². The van der Waals surface area contributed by atoms with Crippen LogP contribution in [0.3, 0.4) is 0 Å². The zero-order valence-corrected chi connectivity index (χ0v) is 17.1. The minimum absolute atomic E-state index is 0.528. The second kappa shape index (κ2) is 9.71. The van der Waals surface area contributed by atoms with E-state index in [0.29, 0.717) is 23.2 Å². The zero-order chi connectivity index (χ0) is 19.9. The van der Waals surface area contributed by atoms with Gasteiger partial charge in [-0.3, -0.25) is 14.7 Å². The molecule has 1 saturated carbocycles. The summed E-state index contributed by atoms with van der Waals surface area (Å²) in [6.45, 7) is 1.41. The van der Waals surface area contributed by atoms with Crippen LogP contribution >= 0.6 is 11.6 Å². The van der Waals surface area contributed by atoms with E-state index in [0.717, 1.165) is 36.5 Å². The Bertz CT molecular complexity index is 849. The van der Waals surface area contributed by atoms with E-state index in [1.807, 2.05) is 24.3 Å². The van der Waals surface area contributed by atoms with Crippen molar-refractivity contribution in [3.05, 3.63) is 58.6 Å². The molecule has 0 saturated heterocycles. The van der Waals surface area contributed by atoms with Gasteiger partial charge in [-0.1, -0.05) is 29.8 Å². The number of nitrogens with one attached hydrogen (secondary N) is 1. The van der Waals surface area contributed by atoms with Crippen molar-refractivity contribution < 1.29 is 9.53 Å². The fourth-order valence-corrected chi connectivity index (χ4v) is 3.45. The van der Waals surface area contributed by atoms with Gasteiger partial charge in [-0.2, -0.15) is 0 Å². The Balaban J connectivity index is 2.00. The van der Waals surface area contributed by atoms with Gasteiger partial charge in [0.2, 0.25) is 6.41 Å². The van der Waals surface area contributed by atoms with Crippen LogP contribution in [0.25, 0.3) is 0 Å². The number of rotatable bonds is 9. The third-order valence-electron chi connectivity index (χ3n) is 4.84. The summed E-state index contributed by atoms with van der Waals surface area (Å²) in [4.78, 5) is 18.1. The maximum absolute atomic E-state index is 12.1. The Morgan fingerprint density at radius 3 is 2.71 bits per heavy atom. The van der Waals surface area contributed by atoms with Gasteiger partial charge in [0.15, 0.2) is 0 Å². The van der Waals surface area contributed by atoms with E-state index in [1.165, 1.54) is 18.4 Å². The van der Waals surface area contributed by atoms with Crippen molar-refractivity contribution in [2.75, 3.05) is 32.2 Å². The van der Waals surface area contributed by atoms with Gasteiger partial charge in [0.05, 0.1) is 16.4 Å². The van der Waals surface area contributed by atoms with Crippen molar-refractivity contribution in [1.29, 1.82) is 0 Å². The number of benzene rings is 2. The van der Waals surface area contributed by atoms with E-state index >= 15 is 0 Å². The summed E-state index contributed by atoms with van der Waals surface area (Å²) >= 11 is 6.39. The van der Waals surface area contributed by atoms with E-state index < -0.39 is 0 Å². The smallest absolute Gasteiger partial charge is 0.218 e. The van der Waals surface area contributed by atoms with Crippen molar-refractivity contribution in [2.45, 2.75) is 25.2 Å². The van der Waals surface area contributed by atoms with Crippen molar-refractivity contribution in [2.24, 2.45) is 4.99 Å². The standard InChI is InChI=1S/C22H26ClN3O2/c1-24-22(25-12-5-13-28-2)18-11-10-17(16-8-9-16)14-21(18)26(15-27)20-7-4-3-6-19(20)23/h3-4,6-7,10-11,14-16H,5,8-9,12-13H2,1-2H3,(H,24,25). The van der Waals surface area contributed by atoms with E-state index in [-0.39, 0.29) is 0 Å². The average Bonchev–Trinajstić information content (AvgIpc) is 3.56. The summed E-state index contributed by atoms with van der Waals surface area (Å²) in [6.07, 6.45) is 4.06. The Kier molecular flexibility index (Phi) is 7.06. The van der Waals surface area contributed by atoms with Crippen LogP contribution in [0.5, 0.6) is 0 Å². The predicted octanol–water partition coefficient (Wildman–Crippen LogP) is 4.51. The van der Waals surface area contributed by atoms with Crippen LogP contribution in [0.4, 0.5) is 11.4 Å². The zero-order valence-electron chi connectivity index (χ0n) is 16.3. The Hall–Kier alpha value is -2.37. The lowest BCUT2D eigenvalue weighted by Crippen LogP contribution is -2.29. The predicted molar refractivity (Wildman–Crippen MR) is 115 cm³/mol. The molecular weight excluding hydrogens is 374 g/mol. The highest BCUT2D eigenvalue weighted by atomic mass is 35.5. The molecular formula is C22H26ClN3O2. The number of ether oxygens (including phenoxy) is 1. The molecule has 1 aliphatic carbocycles. The van der Waals surface area contributed by atoms with E-state index in [4.69, 9.17) is 16.3 Å². The summed E-state index contributed by atoms with van der Waals surface area (Å²) in [6, 6.07) is 13.6. The molecule has 0 bridgehead atoms. The number of aliphatic imine (C=N–C) groups is 1. The van der Waals surface area contributed by atoms with Crippen molar-refractivity contribution in [1.82, 2.24) is 5.32 Å². The molecule has 0 heterocycles. The van der Waals surface area contributed by atoms with Crippen molar-refractivity contribution in [3.8, 4) is 0 Å². The Morgan fingerprint density at radius 2 is 2.07 bits per heavy atom. The quantitative estimate of drug-likeness (QED) is 0.292. The molecule has 28 heavy (non-hydrogen) atoms. The minimum Gasteiger partial charge on any atom is -0.385 e. The number of carbonyl (C=O) groups is 1. The third kappa shape index (κ3) is 4.72. The van der Waals surface area contributed by atoms with Crippen LogP contribution < -0.4 is 10.2 Å². The van der Waals surface area contributed by atoms with Crippen LogP contribution in [0, 0.1) is 0 Å². The van der Waals surface area contributed by atoms with Gasteiger partial charge in [-0.05, 0) is 55.0 Å². The molecule has 0 aliphatic heterocycles. The molecule has 2 aromatic rings. The third-order valence-corrected chi connectivity index (χ3v) is 5.16. The summed E-state index contributed by atoms with van der Waals surface area (Å²) < 4.78 is 5.11. The SMILES string of the molecule is CN=C(NCCCOC)c1ccc(C2CC2)cc1N(C=O)c1ccccc1Cl. The Labute approximate surface area is 171 Å². The van der Waals surface area contributed by atoms with E-state index in [1.54, 1.807) is 25.1 Å². The van der Waals surface area contributed by atoms with Crippen LogP contribution in [-0.4, -0.2) is 39.6 Å². The lowest BCUT2D eigenvalue weighted by molar-refractivity contribution is -0.106. The van der Waals surface area contributed by atoms with Crippen molar-refractivity contribution >= 4 is 35.2 Å². The van der Waals surface area contributed by atoms with Gasteiger partial charge in [-0.15, -0.1) is 0 Å². The molecule has 0 radical (unpaired) electrons. The van der Waals surface area contributed by atoms with Gasteiger partial charge in [0.1, 0.15) is 5.84 Å². The highest BCUT2D eigenvalue weighted by molar-refractivity contribution is 6.34. The lowest BCUT2D eigenvalue weighted by Gasteiger charge is -2.24. The first-order valence-corrected chi connectivity index (χ1v) is 9.90. The number of carbonyl (C=O) groups excluding carboxylic acids is 1. The highest BCUT2D eigenvalue weighted by Gasteiger charge is 2.26. The second-order valence-corrected chi connectivity index (χ2v) is 7.23. The average molecular weight is 400 g/mol. The van der Waals surface area contributed by atoms with E-state index in [2.05, 4.69) is 22.4 Å². The first kappa shape index (κ1) is 20.4. The number of hydrogen-bond donors (Lipinski definition) is 1. The van der Waals surface area contributed by atoms with E-state index in [9.17, 15) is 4.79 Å². The normalized spacial score (nSPS) is 14.0. The number of methoxy groups -OCH3 is 1. The maximum Gasteiger partial charge on any atom is 0.218 e. The molecule has 3 rings (SSSR count). The molecule has 0 atom stereocenters. The fourth-order valence-electron chi connectivity index (χ4n) is 3.23. The second-order valence-electron chi connectivity index (χ2n) is 6.82. The molecule has 5 nitrogen and oxygen atoms in total. The molecule has 2 aromatic carbocycles. The lowest BCUT2D eigenvalue weighted by atomic mass is 10.0. The van der Waals surface area contributed by atoms with Crippen LogP contribution in [0.15, 0.2) is 47.5 Å². The first-order valence-electron chi connectivity index (χ1n) is 9.52. The number of hydrogen-bond acceptors (Lipinski definition) is 3. The first-order chi connectivity index (χ1) is 13.7. The van der Waals surface area contributed by atoms with Crippen LogP contribution in [-0.2, 0) is 9.53 Å². The molecule has 1 aliphatic rings. The Morgan fingerprint density at radius 1 is 1.29 bits per heavy atom. The van der Waals surface area contributed by atoms with Gasteiger partial charge < -0.3 is 10.1 Å². The minimum atomic E-state index is 0.528. The van der Waals surface area contributed by atoms with Gasteiger partial charge in [0.25, 0.3) is 0 Å². The van der Waals surface area contributed by atoms with Crippen molar-refractivity contribution in [3.63, 3.8) is 0 Å². The maximum atomic E-state index is 12.1. The van der Waals surface area contributed by atoms with Crippen LogP contribution in [0.1, 0.15) is 36.3 Å². The highest BCUT2D eigenvalue weighted by Crippen LogP contribution is 2.43. The van der Waals surface area contributed by atoms with Gasteiger partial charge in [-0.25, -0.2) is 0 Å². The molecule has 0 aromatic heterocycles. The fraction of sp³-hybridized carbons (Fsp3) is 0.364. The molecule has 1 fully saturated rings. The molecule has 0 unspecified atom stereocenters. The number of anilines is 2. The molecule has 1 amide bonds.